The van der Waals surface area contributed by atoms with Gasteiger partial charge < -0.3 is 21.2 Å². The number of carbonyl (C=O) groups excluding carboxylic acids is 1. The molecular formula is C24H19N5O2. The number of amides is 1. The Kier molecular flexibility index (Phi) is 4.41. The second-order valence-corrected chi connectivity index (χ2v) is 7.10. The van der Waals surface area contributed by atoms with Crippen molar-refractivity contribution in [3.63, 3.8) is 0 Å². The van der Waals surface area contributed by atoms with Gasteiger partial charge >= 0.3 is 0 Å². The van der Waals surface area contributed by atoms with Crippen LogP contribution in [0, 0.1) is 0 Å². The lowest BCUT2D eigenvalue weighted by atomic mass is 10.1. The van der Waals surface area contributed by atoms with Crippen molar-refractivity contribution in [3.8, 4) is 33.9 Å². The molecule has 0 bridgehead atoms. The van der Waals surface area contributed by atoms with Gasteiger partial charge in [-0.3, -0.25) is 4.79 Å². The van der Waals surface area contributed by atoms with Gasteiger partial charge in [0.25, 0.3) is 5.91 Å². The molecule has 0 spiro atoms. The number of rotatable bonds is 5. The number of para-hydroxylation sites is 1. The number of hydrogen-bond acceptors (Lipinski definition) is 4. The Labute approximate surface area is 177 Å². The van der Waals surface area contributed by atoms with E-state index in [0.29, 0.717) is 22.8 Å². The monoisotopic (exact) mass is 409 g/mol. The Balaban J connectivity index is 1.56. The number of aromatic nitrogens is 3. The average molecular weight is 409 g/mol. The molecule has 3 aromatic carbocycles. The van der Waals surface area contributed by atoms with Gasteiger partial charge in [-0.15, -0.1) is 0 Å². The van der Waals surface area contributed by atoms with Crippen LogP contribution in [0.3, 0.4) is 0 Å². The summed E-state index contributed by atoms with van der Waals surface area (Å²) >= 11 is 0. The third-order valence-electron chi connectivity index (χ3n) is 5.01. The second-order valence-electron chi connectivity index (χ2n) is 7.10. The van der Waals surface area contributed by atoms with E-state index in [9.17, 15) is 4.79 Å². The summed E-state index contributed by atoms with van der Waals surface area (Å²) in [6.07, 6.45) is 1.69. The van der Waals surface area contributed by atoms with Crippen LogP contribution >= 0.6 is 0 Å². The SMILES string of the molecule is NC(=O)c1c(-c2ccc(Oc3ccccc3)cc2)[nH]c2c(-c3cccc(N)c3)cnn12. The Morgan fingerprint density at radius 3 is 2.35 bits per heavy atom. The van der Waals surface area contributed by atoms with Crippen molar-refractivity contribution in [2.45, 2.75) is 0 Å². The van der Waals surface area contributed by atoms with Crippen molar-refractivity contribution in [2.24, 2.45) is 5.73 Å². The highest BCUT2D eigenvalue weighted by Crippen LogP contribution is 2.32. The Morgan fingerprint density at radius 1 is 0.903 bits per heavy atom. The van der Waals surface area contributed by atoms with Gasteiger partial charge in [0.15, 0.2) is 5.69 Å². The van der Waals surface area contributed by atoms with Crippen LogP contribution in [0.5, 0.6) is 11.5 Å². The smallest absolute Gasteiger partial charge is 0.269 e. The van der Waals surface area contributed by atoms with Gasteiger partial charge in [-0.2, -0.15) is 5.10 Å². The van der Waals surface area contributed by atoms with E-state index in [1.165, 1.54) is 4.52 Å². The lowest BCUT2D eigenvalue weighted by Gasteiger charge is -2.07. The molecule has 1 amide bonds. The summed E-state index contributed by atoms with van der Waals surface area (Å²) in [6, 6.07) is 24.4. The maximum Gasteiger partial charge on any atom is 0.269 e. The van der Waals surface area contributed by atoms with E-state index in [2.05, 4.69) is 10.1 Å². The molecule has 0 radical (unpaired) electrons. The fourth-order valence-corrected chi connectivity index (χ4v) is 3.59. The van der Waals surface area contributed by atoms with Crippen LogP contribution in [0.4, 0.5) is 5.69 Å². The number of nitrogens with two attached hydrogens (primary N) is 2. The minimum Gasteiger partial charge on any atom is -0.457 e. The fourth-order valence-electron chi connectivity index (χ4n) is 3.59. The van der Waals surface area contributed by atoms with Crippen molar-refractivity contribution < 1.29 is 9.53 Å². The summed E-state index contributed by atoms with van der Waals surface area (Å²) in [5.74, 6) is 0.860. The maximum absolute atomic E-state index is 12.3. The molecule has 31 heavy (non-hydrogen) atoms. The molecule has 5 N–H and O–H groups in total. The molecule has 0 aliphatic rings. The minimum atomic E-state index is -0.576. The van der Waals surface area contributed by atoms with E-state index in [-0.39, 0.29) is 5.69 Å². The standard InChI is InChI=1S/C24H19N5O2/c25-17-6-4-5-16(13-17)20-14-27-29-22(23(26)30)21(28-24(20)29)15-9-11-19(12-10-15)31-18-7-2-1-3-8-18/h1-14,28H,25H2,(H2,26,30). The molecule has 0 saturated heterocycles. The topological polar surface area (TPSA) is 111 Å². The first-order chi connectivity index (χ1) is 15.1. The number of fused-ring (bicyclic) bond motifs is 1. The molecule has 5 aromatic rings. The van der Waals surface area contributed by atoms with Gasteiger partial charge in [0.05, 0.1) is 11.9 Å². The fraction of sp³-hybridized carbons (Fsp3) is 0. The van der Waals surface area contributed by atoms with E-state index in [1.807, 2.05) is 78.9 Å². The third kappa shape index (κ3) is 3.38. The van der Waals surface area contributed by atoms with Crippen LogP contribution in [-0.2, 0) is 0 Å². The number of ether oxygens (including phenoxy) is 1. The summed E-state index contributed by atoms with van der Waals surface area (Å²) in [4.78, 5) is 15.6. The van der Waals surface area contributed by atoms with Crippen LogP contribution < -0.4 is 16.2 Å². The van der Waals surface area contributed by atoms with Crippen LogP contribution in [0.25, 0.3) is 28.0 Å². The number of hydrogen-bond donors (Lipinski definition) is 3. The van der Waals surface area contributed by atoms with Crippen molar-refractivity contribution in [2.75, 3.05) is 5.73 Å². The van der Waals surface area contributed by atoms with Gasteiger partial charge in [-0.1, -0.05) is 30.3 Å². The molecule has 0 aliphatic carbocycles. The molecule has 7 nitrogen and oxygen atoms in total. The summed E-state index contributed by atoms with van der Waals surface area (Å²) < 4.78 is 7.38. The highest BCUT2D eigenvalue weighted by molar-refractivity contribution is 5.99. The Morgan fingerprint density at radius 2 is 1.65 bits per heavy atom. The first kappa shape index (κ1) is 18.5. The molecule has 0 saturated carbocycles. The number of H-pyrrole nitrogens is 1. The molecule has 0 aliphatic heterocycles. The zero-order valence-corrected chi connectivity index (χ0v) is 16.4. The largest absolute Gasteiger partial charge is 0.457 e. The van der Waals surface area contributed by atoms with E-state index in [1.54, 1.807) is 6.20 Å². The zero-order chi connectivity index (χ0) is 21.4. The average Bonchev–Trinajstić information content (AvgIpc) is 3.34. The number of nitrogens with zero attached hydrogens (tertiary/aromatic N) is 2. The molecule has 0 atom stereocenters. The molecule has 2 heterocycles. The zero-order valence-electron chi connectivity index (χ0n) is 16.4. The molecule has 2 aromatic heterocycles. The van der Waals surface area contributed by atoms with E-state index in [4.69, 9.17) is 16.2 Å². The van der Waals surface area contributed by atoms with E-state index in [0.717, 1.165) is 22.4 Å². The molecule has 0 fully saturated rings. The van der Waals surface area contributed by atoms with Gasteiger partial charge in [-0.25, -0.2) is 4.52 Å². The highest BCUT2D eigenvalue weighted by Gasteiger charge is 2.21. The number of imidazole rings is 1. The predicted molar refractivity (Wildman–Crippen MR) is 120 cm³/mol. The van der Waals surface area contributed by atoms with Crippen molar-refractivity contribution in [3.05, 3.63) is 90.8 Å². The van der Waals surface area contributed by atoms with Crippen LogP contribution in [0.2, 0.25) is 0 Å². The number of nitrogen functional groups attached to an aromatic ring is 1. The Bertz CT molecular complexity index is 1390. The first-order valence-corrected chi connectivity index (χ1v) is 9.69. The number of carbonyl (C=O) groups is 1. The molecule has 152 valence electrons. The van der Waals surface area contributed by atoms with Crippen LogP contribution in [0.15, 0.2) is 85.1 Å². The first-order valence-electron chi connectivity index (χ1n) is 9.69. The molecule has 5 rings (SSSR count). The van der Waals surface area contributed by atoms with Gasteiger partial charge in [-0.05, 0) is 54.1 Å². The van der Waals surface area contributed by atoms with Crippen molar-refractivity contribution in [1.29, 1.82) is 0 Å². The maximum atomic E-state index is 12.3. The number of anilines is 1. The molecule has 0 unspecified atom stereocenters. The second kappa shape index (κ2) is 7.38. The van der Waals surface area contributed by atoms with Crippen LogP contribution in [0.1, 0.15) is 10.5 Å². The van der Waals surface area contributed by atoms with E-state index >= 15 is 0 Å². The number of aromatic amines is 1. The van der Waals surface area contributed by atoms with E-state index < -0.39 is 5.91 Å². The highest BCUT2D eigenvalue weighted by atomic mass is 16.5. The normalized spacial score (nSPS) is 11.0. The molecule has 7 heteroatoms. The number of benzene rings is 3. The lowest BCUT2D eigenvalue weighted by molar-refractivity contribution is 0.0994. The van der Waals surface area contributed by atoms with Crippen molar-refractivity contribution in [1.82, 2.24) is 14.6 Å². The Hall–Kier alpha value is -4.52. The minimum absolute atomic E-state index is 0.280. The third-order valence-corrected chi connectivity index (χ3v) is 5.01. The summed E-state index contributed by atoms with van der Waals surface area (Å²) in [6.45, 7) is 0. The van der Waals surface area contributed by atoms with Crippen molar-refractivity contribution >= 4 is 17.2 Å². The number of primary amides is 1. The van der Waals surface area contributed by atoms with Gasteiger partial charge in [0, 0.05) is 16.8 Å². The summed E-state index contributed by atoms with van der Waals surface area (Å²) in [5.41, 5.74) is 16.3. The lowest BCUT2D eigenvalue weighted by Crippen LogP contribution is -2.15. The predicted octanol–water partition coefficient (Wildman–Crippen LogP) is 4.47. The van der Waals surface area contributed by atoms with Crippen LogP contribution in [-0.4, -0.2) is 20.5 Å². The van der Waals surface area contributed by atoms with Gasteiger partial charge in [0.1, 0.15) is 17.1 Å². The summed E-state index contributed by atoms with van der Waals surface area (Å²) in [5, 5.41) is 4.38. The van der Waals surface area contributed by atoms with Gasteiger partial charge in [0.2, 0.25) is 0 Å². The molecular weight excluding hydrogens is 390 g/mol. The summed E-state index contributed by atoms with van der Waals surface area (Å²) in [7, 11) is 0. The quantitative estimate of drug-likeness (QED) is 0.372. The number of nitrogens with one attached hydrogen (secondary N) is 1.